The van der Waals surface area contributed by atoms with Gasteiger partial charge in [0.2, 0.25) is 0 Å². The fourth-order valence-electron chi connectivity index (χ4n) is 0.960. The van der Waals surface area contributed by atoms with Gasteiger partial charge in [-0.25, -0.2) is 0 Å². The Morgan fingerprint density at radius 2 is 2.45 bits per heavy atom. The van der Waals surface area contributed by atoms with Crippen LogP contribution in [0.25, 0.3) is 11.3 Å². The van der Waals surface area contributed by atoms with E-state index in [1.165, 1.54) is 0 Å². The predicted molar refractivity (Wildman–Crippen MR) is 40.8 cm³/mol. The van der Waals surface area contributed by atoms with Gasteiger partial charge in [-0.2, -0.15) is 10.2 Å². The summed E-state index contributed by atoms with van der Waals surface area (Å²) in [4.78, 5) is 0. The lowest BCUT2D eigenvalue weighted by atomic mass is 10.3. The molecule has 2 aromatic heterocycles. The summed E-state index contributed by atoms with van der Waals surface area (Å²) in [6, 6.07) is 1.95. The van der Waals surface area contributed by atoms with Crippen molar-refractivity contribution in [3.05, 3.63) is 24.7 Å². The number of aromatic nitrogens is 4. The van der Waals surface area contributed by atoms with Gasteiger partial charge in [-0.1, -0.05) is 0 Å². The minimum atomic E-state index is 0.946. The quantitative estimate of drug-likeness (QED) is 0.650. The maximum Gasteiger partial charge on any atom is 0.0954 e. The van der Waals surface area contributed by atoms with Crippen molar-refractivity contribution in [3.63, 3.8) is 0 Å². The predicted octanol–water partition coefficient (Wildman–Crippen LogP) is 0.810. The summed E-state index contributed by atoms with van der Waals surface area (Å²) in [5.41, 5.74) is 1.96. The number of aromatic amines is 1. The van der Waals surface area contributed by atoms with Crippen molar-refractivity contribution in [3.8, 4) is 11.3 Å². The standard InChI is InChI=1S/C7H8N4/c1-11-3-2-7(10-11)6-4-8-9-5-6/h2-5H,1H3,(H,8,9). The van der Waals surface area contributed by atoms with Gasteiger partial charge in [0.15, 0.2) is 0 Å². The van der Waals surface area contributed by atoms with Crippen LogP contribution in [0.15, 0.2) is 24.7 Å². The van der Waals surface area contributed by atoms with E-state index in [2.05, 4.69) is 15.3 Å². The molecule has 1 N–H and O–H groups in total. The third-order valence-electron chi connectivity index (χ3n) is 1.51. The summed E-state index contributed by atoms with van der Waals surface area (Å²) in [6.45, 7) is 0. The second kappa shape index (κ2) is 2.23. The highest BCUT2D eigenvalue weighted by Gasteiger charge is 1.99. The summed E-state index contributed by atoms with van der Waals surface area (Å²) in [6.07, 6.45) is 5.48. The SMILES string of the molecule is Cn1ccc(-c2cn[nH]c2)n1. The van der Waals surface area contributed by atoms with Gasteiger partial charge in [0.05, 0.1) is 11.9 Å². The van der Waals surface area contributed by atoms with E-state index >= 15 is 0 Å². The van der Waals surface area contributed by atoms with E-state index in [4.69, 9.17) is 0 Å². The molecule has 0 spiro atoms. The van der Waals surface area contributed by atoms with Crippen LogP contribution in [-0.4, -0.2) is 20.0 Å². The van der Waals surface area contributed by atoms with Crippen molar-refractivity contribution in [1.29, 1.82) is 0 Å². The Balaban J connectivity index is 2.45. The van der Waals surface area contributed by atoms with Gasteiger partial charge in [0.25, 0.3) is 0 Å². The maximum absolute atomic E-state index is 4.21. The number of hydrogen-bond donors (Lipinski definition) is 1. The van der Waals surface area contributed by atoms with Crippen LogP contribution in [0.3, 0.4) is 0 Å². The van der Waals surface area contributed by atoms with Crippen molar-refractivity contribution in [1.82, 2.24) is 20.0 Å². The van der Waals surface area contributed by atoms with Crippen LogP contribution in [0.2, 0.25) is 0 Å². The highest BCUT2D eigenvalue weighted by Crippen LogP contribution is 2.12. The highest BCUT2D eigenvalue weighted by molar-refractivity contribution is 5.55. The summed E-state index contributed by atoms with van der Waals surface area (Å²) in [5.74, 6) is 0. The molecule has 11 heavy (non-hydrogen) atoms. The summed E-state index contributed by atoms with van der Waals surface area (Å²) < 4.78 is 1.77. The monoisotopic (exact) mass is 148 g/mol. The molecule has 2 aromatic rings. The number of nitrogens with zero attached hydrogens (tertiary/aromatic N) is 3. The molecule has 4 heteroatoms. The molecular formula is C7H8N4. The van der Waals surface area contributed by atoms with Gasteiger partial charge in [-0.05, 0) is 6.07 Å². The molecule has 2 rings (SSSR count). The Morgan fingerprint density at radius 3 is 3.00 bits per heavy atom. The molecule has 0 aliphatic rings. The van der Waals surface area contributed by atoms with Crippen molar-refractivity contribution in [2.24, 2.45) is 7.05 Å². The summed E-state index contributed by atoms with van der Waals surface area (Å²) >= 11 is 0. The molecule has 0 aliphatic heterocycles. The molecule has 4 nitrogen and oxygen atoms in total. The molecule has 0 bridgehead atoms. The van der Waals surface area contributed by atoms with Crippen LogP contribution in [-0.2, 0) is 7.05 Å². The number of nitrogens with one attached hydrogen (secondary N) is 1. The van der Waals surface area contributed by atoms with E-state index in [0.717, 1.165) is 11.3 Å². The molecule has 2 heterocycles. The van der Waals surface area contributed by atoms with E-state index in [-0.39, 0.29) is 0 Å². The lowest BCUT2D eigenvalue weighted by molar-refractivity contribution is 0.771. The minimum Gasteiger partial charge on any atom is -0.285 e. The first-order valence-electron chi connectivity index (χ1n) is 3.35. The highest BCUT2D eigenvalue weighted by atomic mass is 15.2. The van der Waals surface area contributed by atoms with E-state index in [1.807, 2.05) is 25.5 Å². The fourth-order valence-corrected chi connectivity index (χ4v) is 0.960. The molecule has 0 saturated carbocycles. The summed E-state index contributed by atoms with van der Waals surface area (Å²) in [5, 5.41) is 10.8. The van der Waals surface area contributed by atoms with Crippen molar-refractivity contribution in [2.45, 2.75) is 0 Å². The zero-order valence-corrected chi connectivity index (χ0v) is 6.15. The first-order chi connectivity index (χ1) is 5.36. The smallest absolute Gasteiger partial charge is 0.0954 e. The molecule has 0 unspecified atom stereocenters. The van der Waals surface area contributed by atoms with Crippen molar-refractivity contribution < 1.29 is 0 Å². The Hall–Kier alpha value is -1.58. The second-order valence-corrected chi connectivity index (χ2v) is 2.36. The third-order valence-corrected chi connectivity index (χ3v) is 1.51. The van der Waals surface area contributed by atoms with Crippen molar-refractivity contribution in [2.75, 3.05) is 0 Å². The normalized spacial score (nSPS) is 10.3. The van der Waals surface area contributed by atoms with E-state index in [9.17, 15) is 0 Å². The second-order valence-electron chi connectivity index (χ2n) is 2.36. The Bertz CT molecular complexity index is 333. The van der Waals surface area contributed by atoms with Gasteiger partial charge in [-0.3, -0.25) is 9.78 Å². The number of aryl methyl sites for hydroxylation is 1. The van der Waals surface area contributed by atoms with Gasteiger partial charge in [0, 0.05) is 25.0 Å². The van der Waals surface area contributed by atoms with E-state index in [1.54, 1.807) is 10.9 Å². The average Bonchev–Trinajstić information content (AvgIpc) is 2.55. The van der Waals surface area contributed by atoms with Crippen molar-refractivity contribution >= 4 is 0 Å². The average molecular weight is 148 g/mol. The molecule has 0 saturated heterocycles. The molecule has 0 atom stereocenters. The first-order valence-corrected chi connectivity index (χ1v) is 3.35. The van der Waals surface area contributed by atoms with Gasteiger partial charge >= 0.3 is 0 Å². The Morgan fingerprint density at radius 1 is 1.55 bits per heavy atom. The number of hydrogen-bond acceptors (Lipinski definition) is 2. The van der Waals surface area contributed by atoms with Gasteiger partial charge < -0.3 is 0 Å². The van der Waals surface area contributed by atoms with Gasteiger partial charge in [-0.15, -0.1) is 0 Å². The fraction of sp³-hybridized carbons (Fsp3) is 0.143. The van der Waals surface area contributed by atoms with Gasteiger partial charge in [0.1, 0.15) is 0 Å². The summed E-state index contributed by atoms with van der Waals surface area (Å²) in [7, 11) is 1.89. The van der Waals surface area contributed by atoms with E-state index in [0.29, 0.717) is 0 Å². The number of H-pyrrole nitrogens is 1. The number of rotatable bonds is 1. The Kier molecular flexibility index (Phi) is 1.25. The van der Waals surface area contributed by atoms with Crippen LogP contribution < -0.4 is 0 Å². The van der Waals surface area contributed by atoms with Crippen LogP contribution in [0.4, 0.5) is 0 Å². The minimum absolute atomic E-state index is 0.946. The van der Waals surface area contributed by atoms with Crippen LogP contribution in [0.5, 0.6) is 0 Å². The zero-order chi connectivity index (χ0) is 7.68. The molecule has 0 fully saturated rings. The molecular weight excluding hydrogens is 140 g/mol. The van der Waals surface area contributed by atoms with E-state index < -0.39 is 0 Å². The molecule has 56 valence electrons. The van der Waals surface area contributed by atoms with Crippen LogP contribution in [0, 0.1) is 0 Å². The lowest BCUT2D eigenvalue weighted by Gasteiger charge is -1.86. The van der Waals surface area contributed by atoms with Crippen LogP contribution >= 0.6 is 0 Å². The lowest BCUT2D eigenvalue weighted by Crippen LogP contribution is -1.86. The molecule has 0 amide bonds. The third kappa shape index (κ3) is 1.02. The zero-order valence-electron chi connectivity index (χ0n) is 6.15. The topological polar surface area (TPSA) is 46.5 Å². The Labute approximate surface area is 63.9 Å². The van der Waals surface area contributed by atoms with Crippen LogP contribution in [0.1, 0.15) is 0 Å². The molecule has 0 aliphatic carbocycles. The first kappa shape index (κ1) is 6.15. The largest absolute Gasteiger partial charge is 0.285 e. The molecule has 0 aromatic carbocycles. The molecule has 0 radical (unpaired) electrons. The maximum atomic E-state index is 4.21.